The summed E-state index contributed by atoms with van der Waals surface area (Å²) in [6.45, 7) is 0.294. The topological polar surface area (TPSA) is 38.5 Å². The number of nitrogens with two attached hydrogens (primary N) is 1. The lowest BCUT2D eigenvalue weighted by molar-refractivity contribution is 0.413. The maximum Gasteiger partial charge on any atom is 0.142 e. The number of rotatable bonds is 5. The predicted molar refractivity (Wildman–Crippen MR) is 87.3 cm³/mol. The number of hydrogen-bond acceptors (Lipinski definition) is 3. The van der Waals surface area contributed by atoms with Crippen molar-refractivity contribution < 1.29 is 9.13 Å². The molecular weight excluding hydrogens is 335 g/mol. The van der Waals surface area contributed by atoms with Crippen LogP contribution in [0, 0.1) is 5.82 Å². The van der Waals surface area contributed by atoms with Crippen molar-refractivity contribution >= 4 is 21.6 Å². The molecule has 2 aromatic rings. The van der Waals surface area contributed by atoms with Crippen molar-refractivity contribution in [3.63, 3.8) is 0 Å². The highest BCUT2D eigenvalue weighted by molar-refractivity contribution is 9.10. The standard InChI is InChI=1S/C16H18BrFN2O/c1-20(14-5-3-4-6-16(14)21-2)15(10-19)12-9-11(17)7-8-13(12)18/h3-9,15H,10,19H2,1-2H3. The average Bonchev–Trinajstić information content (AvgIpc) is 2.51. The monoisotopic (exact) mass is 352 g/mol. The smallest absolute Gasteiger partial charge is 0.142 e. The molecule has 0 saturated heterocycles. The minimum absolute atomic E-state index is 0.268. The fourth-order valence-corrected chi connectivity index (χ4v) is 2.73. The van der Waals surface area contributed by atoms with Crippen LogP contribution >= 0.6 is 15.9 Å². The summed E-state index contributed by atoms with van der Waals surface area (Å²) in [5, 5.41) is 0. The van der Waals surface area contributed by atoms with E-state index in [1.54, 1.807) is 19.2 Å². The van der Waals surface area contributed by atoms with Gasteiger partial charge in [-0.3, -0.25) is 0 Å². The molecular formula is C16H18BrFN2O. The number of nitrogens with zero attached hydrogens (tertiary/aromatic N) is 1. The number of ether oxygens (including phenoxy) is 1. The molecule has 0 bridgehead atoms. The number of hydrogen-bond donors (Lipinski definition) is 1. The van der Waals surface area contributed by atoms with Gasteiger partial charge >= 0.3 is 0 Å². The molecule has 0 aromatic heterocycles. The molecule has 2 aromatic carbocycles. The Bertz CT molecular complexity index is 621. The normalized spacial score (nSPS) is 12.0. The minimum atomic E-state index is -0.279. The third-order valence-electron chi connectivity index (χ3n) is 3.47. The Morgan fingerprint density at radius 3 is 2.67 bits per heavy atom. The molecule has 0 fully saturated rings. The molecule has 0 aliphatic rings. The number of benzene rings is 2. The first-order valence-electron chi connectivity index (χ1n) is 6.59. The van der Waals surface area contributed by atoms with Crippen LogP contribution in [-0.2, 0) is 0 Å². The van der Waals surface area contributed by atoms with Crippen LogP contribution in [0.4, 0.5) is 10.1 Å². The van der Waals surface area contributed by atoms with Crippen LogP contribution < -0.4 is 15.4 Å². The third-order valence-corrected chi connectivity index (χ3v) is 3.97. The van der Waals surface area contributed by atoms with E-state index < -0.39 is 0 Å². The molecule has 0 heterocycles. The van der Waals surface area contributed by atoms with Crippen molar-refractivity contribution in [3.8, 4) is 5.75 Å². The second kappa shape index (κ2) is 6.91. The van der Waals surface area contributed by atoms with Crippen LogP contribution in [0.3, 0.4) is 0 Å². The highest BCUT2D eigenvalue weighted by Crippen LogP contribution is 2.34. The molecule has 5 heteroatoms. The molecule has 0 amide bonds. The summed E-state index contributed by atoms with van der Waals surface area (Å²) >= 11 is 3.38. The van der Waals surface area contributed by atoms with E-state index in [2.05, 4.69) is 15.9 Å². The lowest BCUT2D eigenvalue weighted by atomic mass is 10.0. The van der Waals surface area contributed by atoms with Crippen molar-refractivity contribution in [2.75, 3.05) is 25.6 Å². The molecule has 0 radical (unpaired) electrons. The first-order chi connectivity index (χ1) is 10.1. The summed E-state index contributed by atoms with van der Waals surface area (Å²) in [5.74, 6) is 0.462. The SMILES string of the molecule is COc1ccccc1N(C)C(CN)c1cc(Br)ccc1F. The van der Waals surface area contributed by atoms with E-state index in [1.165, 1.54) is 6.07 Å². The predicted octanol–water partition coefficient (Wildman–Crippen LogP) is 3.73. The Morgan fingerprint density at radius 1 is 1.29 bits per heavy atom. The van der Waals surface area contributed by atoms with E-state index in [4.69, 9.17) is 10.5 Å². The largest absolute Gasteiger partial charge is 0.495 e. The summed E-state index contributed by atoms with van der Waals surface area (Å²) in [6.07, 6.45) is 0. The zero-order valence-corrected chi connectivity index (χ0v) is 13.6. The van der Waals surface area contributed by atoms with E-state index in [-0.39, 0.29) is 11.9 Å². The lowest BCUT2D eigenvalue weighted by Crippen LogP contribution is -2.31. The quantitative estimate of drug-likeness (QED) is 0.890. The molecule has 3 nitrogen and oxygen atoms in total. The fraction of sp³-hybridized carbons (Fsp3) is 0.250. The molecule has 0 spiro atoms. The van der Waals surface area contributed by atoms with E-state index in [0.29, 0.717) is 12.1 Å². The van der Waals surface area contributed by atoms with E-state index in [1.807, 2.05) is 36.2 Å². The Kier molecular flexibility index (Phi) is 5.20. The molecule has 0 saturated carbocycles. The molecule has 1 unspecified atom stereocenters. The minimum Gasteiger partial charge on any atom is -0.495 e. The number of likely N-dealkylation sites (N-methyl/N-ethyl adjacent to an activating group) is 1. The van der Waals surface area contributed by atoms with Gasteiger partial charge in [-0.05, 0) is 30.3 Å². The summed E-state index contributed by atoms with van der Waals surface area (Å²) in [5.41, 5.74) is 7.32. The van der Waals surface area contributed by atoms with Gasteiger partial charge in [-0.25, -0.2) is 4.39 Å². The number of anilines is 1. The zero-order chi connectivity index (χ0) is 15.4. The fourth-order valence-electron chi connectivity index (χ4n) is 2.35. The van der Waals surface area contributed by atoms with Gasteiger partial charge in [-0.2, -0.15) is 0 Å². The van der Waals surface area contributed by atoms with Gasteiger partial charge in [-0.15, -0.1) is 0 Å². The molecule has 0 aliphatic heterocycles. The molecule has 0 aliphatic carbocycles. The van der Waals surface area contributed by atoms with Crippen molar-refractivity contribution in [2.45, 2.75) is 6.04 Å². The van der Waals surface area contributed by atoms with Gasteiger partial charge in [0.25, 0.3) is 0 Å². The van der Waals surface area contributed by atoms with Gasteiger partial charge in [0.05, 0.1) is 18.8 Å². The van der Waals surface area contributed by atoms with Crippen molar-refractivity contribution in [1.29, 1.82) is 0 Å². The van der Waals surface area contributed by atoms with Crippen LogP contribution in [0.5, 0.6) is 5.75 Å². The Hall–Kier alpha value is -1.59. The van der Waals surface area contributed by atoms with Crippen LogP contribution in [0.15, 0.2) is 46.9 Å². The maximum absolute atomic E-state index is 14.1. The van der Waals surface area contributed by atoms with Crippen LogP contribution in [0.25, 0.3) is 0 Å². The van der Waals surface area contributed by atoms with Crippen LogP contribution in [0.1, 0.15) is 11.6 Å². The van der Waals surface area contributed by atoms with Gasteiger partial charge in [0, 0.05) is 23.6 Å². The summed E-state index contributed by atoms with van der Waals surface area (Å²) in [4.78, 5) is 1.93. The van der Waals surface area contributed by atoms with Gasteiger partial charge in [0.1, 0.15) is 11.6 Å². The van der Waals surface area contributed by atoms with Gasteiger partial charge < -0.3 is 15.4 Å². The average molecular weight is 353 g/mol. The summed E-state index contributed by atoms with van der Waals surface area (Å²) in [6, 6.07) is 12.2. The lowest BCUT2D eigenvalue weighted by Gasteiger charge is -2.31. The Labute approximate surface area is 132 Å². The molecule has 2 rings (SSSR count). The van der Waals surface area contributed by atoms with E-state index in [9.17, 15) is 4.39 Å². The molecule has 112 valence electrons. The number of halogens is 2. The maximum atomic E-state index is 14.1. The highest BCUT2D eigenvalue weighted by atomic mass is 79.9. The Morgan fingerprint density at radius 2 is 2.00 bits per heavy atom. The van der Waals surface area contributed by atoms with E-state index in [0.717, 1.165) is 15.9 Å². The number of para-hydroxylation sites is 2. The van der Waals surface area contributed by atoms with Gasteiger partial charge in [-0.1, -0.05) is 28.1 Å². The first-order valence-corrected chi connectivity index (χ1v) is 7.38. The van der Waals surface area contributed by atoms with Crippen LogP contribution in [-0.4, -0.2) is 20.7 Å². The molecule has 1 atom stereocenters. The highest BCUT2D eigenvalue weighted by Gasteiger charge is 2.21. The van der Waals surface area contributed by atoms with Gasteiger partial charge in [0.15, 0.2) is 0 Å². The van der Waals surface area contributed by atoms with E-state index >= 15 is 0 Å². The number of methoxy groups -OCH3 is 1. The Balaban J connectivity index is 2.43. The van der Waals surface area contributed by atoms with Gasteiger partial charge in [0.2, 0.25) is 0 Å². The second-order valence-corrected chi connectivity index (χ2v) is 5.62. The summed E-state index contributed by atoms with van der Waals surface area (Å²) < 4.78 is 20.3. The van der Waals surface area contributed by atoms with Crippen molar-refractivity contribution in [1.82, 2.24) is 0 Å². The van der Waals surface area contributed by atoms with Crippen molar-refractivity contribution in [3.05, 3.63) is 58.3 Å². The first kappa shape index (κ1) is 15.8. The summed E-state index contributed by atoms with van der Waals surface area (Å²) in [7, 11) is 3.50. The zero-order valence-electron chi connectivity index (χ0n) is 12.0. The van der Waals surface area contributed by atoms with Crippen molar-refractivity contribution in [2.24, 2.45) is 5.73 Å². The van der Waals surface area contributed by atoms with Crippen LogP contribution in [0.2, 0.25) is 0 Å². The second-order valence-electron chi connectivity index (χ2n) is 4.70. The third kappa shape index (κ3) is 3.36. The molecule has 21 heavy (non-hydrogen) atoms. The molecule has 2 N–H and O–H groups in total.